The quantitative estimate of drug-likeness (QED) is 0.785. The second-order valence-corrected chi connectivity index (χ2v) is 4.63. The van der Waals surface area contributed by atoms with E-state index >= 15 is 0 Å². The van der Waals surface area contributed by atoms with Gasteiger partial charge in [0.05, 0.1) is 12.8 Å². The molecule has 6 nitrogen and oxygen atoms in total. The molecule has 0 aliphatic heterocycles. The predicted molar refractivity (Wildman–Crippen MR) is 76.4 cm³/mol. The lowest BCUT2D eigenvalue weighted by molar-refractivity contribution is -0.120. The molecule has 0 saturated carbocycles. The van der Waals surface area contributed by atoms with Crippen molar-refractivity contribution in [3.63, 3.8) is 0 Å². The smallest absolute Gasteiger partial charge is 0.321 e. The zero-order valence-electron chi connectivity index (χ0n) is 10.9. The van der Waals surface area contributed by atoms with E-state index in [1.807, 2.05) is 6.07 Å². The summed E-state index contributed by atoms with van der Waals surface area (Å²) >= 11 is 3.37. The highest BCUT2D eigenvalue weighted by Gasteiger charge is 2.16. The zero-order chi connectivity index (χ0) is 14.4. The van der Waals surface area contributed by atoms with Gasteiger partial charge in [-0.05, 0) is 35.0 Å². The van der Waals surface area contributed by atoms with Gasteiger partial charge in [-0.1, -0.05) is 0 Å². The standard InChI is InChI=1S/C12H16BrN3O3/c1-7(11(17)16-12(18)14-2)15-10-6-8(19-3)4-5-9(10)13/h4-7,15H,1-3H3,(H2,14,16,17,18). The molecule has 104 valence electrons. The number of urea groups is 1. The Labute approximate surface area is 120 Å². The third-order valence-corrected chi connectivity index (χ3v) is 3.09. The van der Waals surface area contributed by atoms with Crippen molar-refractivity contribution in [1.29, 1.82) is 0 Å². The molecule has 1 atom stereocenters. The molecule has 0 aromatic heterocycles. The minimum Gasteiger partial charge on any atom is -0.497 e. The number of benzene rings is 1. The summed E-state index contributed by atoms with van der Waals surface area (Å²) in [6.45, 7) is 1.66. The first-order chi connectivity index (χ1) is 8.97. The van der Waals surface area contributed by atoms with Crippen LogP contribution in [0.2, 0.25) is 0 Å². The summed E-state index contributed by atoms with van der Waals surface area (Å²) in [5, 5.41) is 7.51. The van der Waals surface area contributed by atoms with Crippen molar-refractivity contribution in [2.24, 2.45) is 0 Å². The van der Waals surface area contributed by atoms with Crippen LogP contribution in [0.5, 0.6) is 5.75 Å². The van der Waals surface area contributed by atoms with Gasteiger partial charge < -0.3 is 15.4 Å². The summed E-state index contributed by atoms with van der Waals surface area (Å²) in [4.78, 5) is 22.7. The van der Waals surface area contributed by atoms with Crippen LogP contribution >= 0.6 is 15.9 Å². The molecule has 1 unspecified atom stereocenters. The van der Waals surface area contributed by atoms with E-state index in [2.05, 4.69) is 31.9 Å². The Balaban J connectivity index is 2.73. The number of imide groups is 1. The summed E-state index contributed by atoms with van der Waals surface area (Å²) in [5.74, 6) is 0.249. The van der Waals surface area contributed by atoms with Crippen LogP contribution in [0.3, 0.4) is 0 Å². The van der Waals surface area contributed by atoms with Gasteiger partial charge in [0.15, 0.2) is 0 Å². The largest absolute Gasteiger partial charge is 0.497 e. The Kier molecular flexibility index (Phi) is 5.62. The number of amides is 3. The lowest BCUT2D eigenvalue weighted by Gasteiger charge is -2.16. The van der Waals surface area contributed by atoms with Crippen LogP contribution in [-0.4, -0.2) is 32.1 Å². The molecule has 0 aliphatic carbocycles. The fraction of sp³-hybridized carbons (Fsp3) is 0.333. The maximum Gasteiger partial charge on any atom is 0.321 e. The summed E-state index contributed by atoms with van der Waals surface area (Å²) < 4.78 is 5.91. The van der Waals surface area contributed by atoms with Crippen molar-refractivity contribution in [2.75, 3.05) is 19.5 Å². The molecule has 1 aromatic carbocycles. The van der Waals surface area contributed by atoms with E-state index in [0.717, 1.165) is 4.47 Å². The second kappa shape index (κ2) is 6.98. The maximum absolute atomic E-state index is 11.7. The normalized spacial score (nSPS) is 11.4. The monoisotopic (exact) mass is 329 g/mol. The van der Waals surface area contributed by atoms with Crippen LogP contribution in [-0.2, 0) is 4.79 Å². The fourth-order valence-electron chi connectivity index (χ4n) is 1.32. The molecule has 1 rings (SSSR count). The Hall–Kier alpha value is -1.76. The van der Waals surface area contributed by atoms with Gasteiger partial charge in [0.25, 0.3) is 0 Å². The van der Waals surface area contributed by atoms with E-state index in [1.54, 1.807) is 26.2 Å². The maximum atomic E-state index is 11.7. The highest BCUT2D eigenvalue weighted by Crippen LogP contribution is 2.27. The van der Waals surface area contributed by atoms with E-state index in [4.69, 9.17) is 4.74 Å². The van der Waals surface area contributed by atoms with E-state index in [1.165, 1.54) is 7.05 Å². The summed E-state index contributed by atoms with van der Waals surface area (Å²) in [6.07, 6.45) is 0. The van der Waals surface area contributed by atoms with Crippen molar-refractivity contribution in [1.82, 2.24) is 10.6 Å². The summed E-state index contributed by atoms with van der Waals surface area (Å²) in [6, 6.07) is 4.26. The first kappa shape index (κ1) is 15.3. The Morgan fingerprint density at radius 3 is 2.63 bits per heavy atom. The number of rotatable bonds is 4. The molecule has 19 heavy (non-hydrogen) atoms. The van der Waals surface area contributed by atoms with Gasteiger partial charge in [0.1, 0.15) is 11.8 Å². The third-order valence-electron chi connectivity index (χ3n) is 2.40. The van der Waals surface area contributed by atoms with Crippen molar-refractivity contribution in [2.45, 2.75) is 13.0 Å². The minimum atomic E-state index is -0.569. The summed E-state index contributed by atoms with van der Waals surface area (Å²) in [5.41, 5.74) is 0.707. The Morgan fingerprint density at radius 2 is 2.05 bits per heavy atom. The van der Waals surface area contributed by atoms with Gasteiger partial charge in [-0.25, -0.2) is 4.79 Å². The Morgan fingerprint density at radius 1 is 1.37 bits per heavy atom. The number of ether oxygens (including phenoxy) is 1. The van der Waals surface area contributed by atoms with Crippen molar-refractivity contribution >= 4 is 33.6 Å². The molecule has 0 heterocycles. The molecule has 3 amide bonds. The van der Waals surface area contributed by atoms with E-state index in [9.17, 15) is 9.59 Å². The van der Waals surface area contributed by atoms with Crippen molar-refractivity contribution < 1.29 is 14.3 Å². The van der Waals surface area contributed by atoms with Crippen LogP contribution in [0.25, 0.3) is 0 Å². The van der Waals surface area contributed by atoms with Crippen LogP contribution in [0.4, 0.5) is 10.5 Å². The van der Waals surface area contributed by atoms with Gasteiger partial charge in [-0.2, -0.15) is 0 Å². The number of halogens is 1. The molecule has 7 heteroatoms. The van der Waals surface area contributed by atoms with Crippen LogP contribution in [0, 0.1) is 0 Å². The molecule has 1 aromatic rings. The van der Waals surface area contributed by atoms with Crippen LogP contribution in [0.15, 0.2) is 22.7 Å². The predicted octanol–water partition coefficient (Wildman–Crippen LogP) is 1.71. The topological polar surface area (TPSA) is 79.5 Å². The van der Waals surface area contributed by atoms with Gasteiger partial charge in [0.2, 0.25) is 5.91 Å². The average Bonchev–Trinajstić information content (AvgIpc) is 2.40. The van der Waals surface area contributed by atoms with Gasteiger partial charge in [-0.3, -0.25) is 10.1 Å². The number of anilines is 1. The molecular formula is C12H16BrN3O3. The second-order valence-electron chi connectivity index (χ2n) is 3.78. The number of hydrogen-bond acceptors (Lipinski definition) is 4. The number of nitrogens with one attached hydrogen (secondary N) is 3. The fourth-order valence-corrected chi connectivity index (χ4v) is 1.68. The van der Waals surface area contributed by atoms with Crippen LogP contribution < -0.4 is 20.7 Å². The molecule has 0 spiro atoms. The van der Waals surface area contributed by atoms with Gasteiger partial charge >= 0.3 is 6.03 Å². The van der Waals surface area contributed by atoms with Gasteiger partial charge in [0, 0.05) is 17.6 Å². The number of carbonyl (C=O) groups is 2. The van der Waals surface area contributed by atoms with E-state index in [-0.39, 0.29) is 0 Å². The Bertz CT molecular complexity index is 479. The van der Waals surface area contributed by atoms with E-state index < -0.39 is 18.0 Å². The lowest BCUT2D eigenvalue weighted by Crippen LogP contribution is -2.44. The van der Waals surface area contributed by atoms with E-state index in [0.29, 0.717) is 11.4 Å². The molecule has 0 fully saturated rings. The third kappa shape index (κ3) is 4.44. The highest BCUT2D eigenvalue weighted by molar-refractivity contribution is 9.10. The number of methoxy groups -OCH3 is 1. The SMILES string of the molecule is CNC(=O)NC(=O)C(C)Nc1cc(OC)ccc1Br. The first-order valence-electron chi connectivity index (χ1n) is 5.60. The zero-order valence-corrected chi connectivity index (χ0v) is 12.5. The number of carbonyl (C=O) groups excluding carboxylic acids is 2. The first-order valence-corrected chi connectivity index (χ1v) is 6.40. The molecule has 0 aliphatic rings. The van der Waals surface area contributed by atoms with Crippen molar-refractivity contribution in [3.8, 4) is 5.75 Å². The molecular weight excluding hydrogens is 314 g/mol. The minimum absolute atomic E-state index is 0.422. The number of hydrogen-bond donors (Lipinski definition) is 3. The summed E-state index contributed by atoms with van der Waals surface area (Å²) in [7, 11) is 3.01. The molecule has 3 N–H and O–H groups in total. The molecule has 0 radical (unpaired) electrons. The van der Waals surface area contributed by atoms with Gasteiger partial charge in [-0.15, -0.1) is 0 Å². The highest BCUT2D eigenvalue weighted by atomic mass is 79.9. The molecule has 0 bridgehead atoms. The van der Waals surface area contributed by atoms with Crippen LogP contribution in [0.1, 0.15) is 6.92 Å². The molecule has 0 saturated heterocycles. The van der Waals surface area contributed by atoms with Crippen molar-refractivity contribution in [3.05, 3.63) is 22.7 Å². The lowest BCUT2D eigenvalue weighted by atomic mass is 10.2. The average molecular weight is 330 g/mol.